The van der Waals surface area contributed by atoms with E-state index < -0.39 is 0 Å². The SMILES string of the molecule is C[Se+].N=C([NH-])c1cccc(-c2ccccc2)c1-c1ccccc1. The first-order chi connectivity index (χ1) is 11.3. The zero-order valence-electron chi connectivity index (χ0n) is 12.9. The van der Waals surface area contributed by atoms with E-state index in [9.17, 15) is 0 Å². The number of hydrogen-bond donors (Lipinski definition) is 1. The summed E-state index contributed by atoms with van der Waals surface area (Å²) in [5.41, 5.74) is 12.5. The summed E-state index contributed by atoms with van der Waals surface area (Å²) >= 11 is 2.62. The van der Waals surface area contributed by atoms with Crippen LogP contribution >= 0.6 is 0 Å². The van der Waals surface area contributed by atoms with E-state index in [2.05, 4.69) is 28.1 Å². The van der Waals surface area contributed by atoms with Gasteiger partial charge in [0.05, 0.1) is 0 Å². The average Bonchev–Trinajstić information content (AvgIpc) is 2.64. The maximum Gasteiger partial charge on any atom is -0.00345 e. The molecule has 0 bridgehead atoms. The average molecular weight is 365 g/mol. The maximum absolute atomic E-state index is 7.75. The van der Waals surface area contributed by atoms with Crippen molar-refractivity contribution in [2.75, 3.05) is 0 Å². The van der Waals surface area contributed by atoms with Crippen molar-refractivity contribution >= 4 is 21.8 Å². The van der Waals surface area contributed by atoms with Crippen molar-refractivity contribution < 1.29 is 0 Å². The molecule has 2 nitrogen and oxygen atoms in total. The Kier molecular flexibility index (Phi) is 6.16. The summed E-state index contributed by atoms with van der Waals surface area (Å²) < 4.78 is 0. The number of hydrogen-bond acceptors (Lipinski definition) is 1. The number of rotatable bonds is 3. The van der Waals surface area contributed by atoms with Crippen LogP contribution in [0.2, 0.25) is 5.82 Å². The molecule has 0 fully saturated rings. The van der Waals surface area contributed by atoms with Gasteiger partial charge in [0.25, 0.3) is 0 Å². The van der Waals surface area contributed by atoms with Gasteiger partial charge in [0.2, 0.25) is 0 Å². The van der Waals surface area contributed by atoms with Crippen LogP contribution in [0.15, 0.2) is 78.9 Å². The predicted molar refractivity (Wildman–Crippen MR) is 100 cm³/mol. The third-order valence-corrected chi connectivity index (χ3v) is 3.48. The van der Waals surface area contributed by atoms with Gasteiger partial charge in [-0.15, -0.1) is 0 Å². The summed E-state index contributed by atoms with van der Waals surface area (Å²) in [7, 11) is 0. The molecule has 2 N–H and O–H groups in total. The second-order valence-electron chi connectivity index (χ2n) is 4.84. The predicted octanol–water partition coefficient (Wildman–Crippen LogP) is 5.60. The summed E-state index contributed by atoms with van der Waals surface area (Å²) in [6, 6.07) is 25.9. The number of benzene rings is 3. The van der Waals surface area contributed by atoms with E-state index in [0.717, 1.165) is 22.3 Å². The van der Waals surface area contributed by atoms with Crippen LogP contribution in [-0.4, -0.2) is 21.8 Å². The molecule has 3 aromatic rings. The third kappa shape index (κ3) is 3.89. The minimum Gasteiger partial charge on any atom is -0.482 e. The molecule has 23 heavy (non-hydrogen) atoms. The van der Waals surface area contributed by atoms with Crippen LogP contribution in [0, 0.1) is 5.41 Å². The van der Waals surface area contributed by atoms with Gasteiger partial charge in [-0.05, 0) is 27.8 Å². The van der Waals surface area contributed by atoms with E-state index in [1.807, 2.05) is 72.6 Å². The fourth-order valence-corrected chi connectivity index (χ4v) is 2.53. The Bertz CT molecular complexity index is 768. The Morgan fingerprint density at radius 3 is 1.78 bits per heavy atom. The molecule has 3 heteroatoms. The van der Waals surface area contributed by atoms with Gasteiger partial charge in [0.1, 0.15) is 0 Å². The zero-order valence-corrected chi connectivity index (χ0v) is 14.6. The standard InChI is InChI=1S/C19H15N2.CH3Se/c20-19(21)17-13-7-12-16(14-8-3-1-4-9-14)18(17)15-10-5-2-6-11-15;1-2/h1-13H,(H2-,20,21);1H3/q-1;+1. The molecule has 0 spiro atoms. The molecule has 2 radical (unpaired) electrons. The Morgan fingerprint density at radius 1 is 0.739 bits per heavy atom. The molecule has 0 saturated heterocycles. The van der Waals surface area contributed by atoms with Crippen LogP contribution in [0.1, 0.15) is 5.56 Å². The van der Waals surface area contributed by atoms with E-state index in [4.69, 9.17) is 11.1 Å². The fraction of sp³-hybridized carbons (Fsp3) is 0.0500. The molecule has 0 aliphatic heterocycles. The van der Waals surface area contributed by atoms with Crippen LogP contribution in [0.3, 0.4) is 0 Å². The van der Waals surface area contributed by atoms with Gasteiger partial charge in [0, 0.05) is 0 Å². The smallest absolute Gasteiger partial charge is 0.00345 e. The van der Waals surface area contributed by atoms with Gasteiger partial charge in [0.15, 0.2) is 0 Å². The molecule has 0 saturated carbocycles. The van der Waals surface area contributed by atoms with Crippen LogP contribution in [0.5, 0.6) is 0 Å². The third-order valence-electron chi connectivity index (χ3n) is 3.48. The van der Waals surface area contributed by atoms with Gasteiger partial charge in [-0.1, -0.05) is 84.7 Å². The topological polar surface area (TPSA) is 47.7 Å². The van der Waals surface area contributed by atoms with Crippen molar-refractivity contribution in [2.45, 2.75) is 5.82 Å². The largest absolute Gasteiger partial charge is 0.482 e. The minimum atomic E-state index is -0.161. The molecule has 0 aliphatic carbocycles. The zero-order chi connectivity index (χ0) is 16.7. The van der Waals surface area contributed by atoms with Gasteiger partial charge in [-0.25, -0.2) is 0 Å². The van der Waals surface area contributed by atoms with Crippen molar-refractivity contribution in [3.63, 3.8) is 0 Å². The minimum absolute atomic E-state index is 0.161. The van der Waals surface area contributed by atoms with E-state index in [0.29, 0.717) is 5.56 Å². The molecule has 0 aromatic heterocycles. The van der Waals surface area contributed by atoms with E-state index in [-0.39, 0.29) is 5.84 Å². The summed E-state index contributed by atoms with van der Waals surface area (Å²) in [4.78, 5) is 0. The molecule has 3 rings (SSSR count). The molecular weight excluding hydrogens is 347 g/mol. The Labute approximate surface area is 145 Å². The van der Waals surface area contributed by atoms with Crippen LogP contribution in [0.25, 0.3) is 28.0 Å². The van der Waals surface area contributed by atoms with E-state index in [1.54, 1.807) is 0 Å². The second kappa shape index (κ2) is 8.33. The molecule has 0 heterocycles. The van der Waals surface area contributed by atoms with Crippen LogP contribution in [0.4, 0.5) is 0 Å². The van der Waals surface area contributed by atoms with Gasteiger partial charge >= 0.3 is 21.8 Å². The van der Waals surface area contributed by atoms with Gasteiger partial charge < -0.3 is 11.1 Å². The fourth-order valence-electron chi connectivity index (χ4n) is 2.53. The van der Waals surface area contributed by atoms with Crippen molar-refractivity contribution in [3.05, 3.63) is 90.2 Å². The Morgan fingerprint density at radius 2 is 1.26 bits per heavy atom. The van der Waals surface area contributed by atoms with Gasteiger partial charge in [-0.2, -0.15) is 0 Å². The number of amidine groups is 1. The quantitative estimate of drug-likeness (QED) is 0.357. The Hall–Kier alpha value is -2.35. The molecular formula is C20H18N2Se. The summed E-state index contributed by atoms with van der Waals surface area (Å²) in [6.07, 6.45) is 0. The molecule has 3 aromatic carbocycles. The summed E-state index contributed by atoms with van der Waals surface area (Å²) in [6.45, 7) is 0. The van der Waals surface area contributed by atoms with Crippen LogP contribution < -0.4 is 0 Å². The summed E-state index contributed by atoms with van der Waals surface area (Å²) in [5, 5.41) is 7.75. The number of nitrogens with one attached hydrogen (secondary N) is 2. The van der Waals surface area contributed by atoms with E-state index in [1.165, 1.54) is 0 Å². The molecule has 0 aliphatic rings. The first kappa shape index (κ1) is 17.0. The first-order valence-electron chi connectivity index (χ1n) is 7.22. The normalized spacial score (nSPS) is 9.65. The molecule has 0 amide bonds. The molecule has 114 valence electrons. The second-order valence-corrected chi connectivity index (χ2v) is 4.84. The first-order valence-corrected chi connectivity index (χ1v) is 8.94. The van der Waals surface area contributed by atoms with Crippen molar-refractivity contribution in [1.82, 2.24) is 0 Å². The monoisotopic (exact) mass is 366 g/mol. The van der Waals surface area contributed by atoms with Crippen molar-refractivity contribution in [3.8, 4) is 22.3 Å². The van der Waals surface area contributed by atoms with Crippen molar-refractivity contribution in [1.29, 1.82) is 5.41 Å². The summed E-state index contributed by atoms with van der Waals surface area (Å²) in [5.74, 6) is 1.71. The van der Waals surface area contributed by atoms with E-state index >= 15 is 0 Å². The maximum atomic E-state index is 7.75. The Balaban J connectivity index is 0.000000924. The van der Waals surface area contributed by atoms with Crippen molar-refractivity contribution in [2.24, 2.45) is 0 Å². The molecule has 0 atom stereocenters. The van der Waals surface area contributed by atoms with Crippen LogP contribution in [-0.2, 0) is 0 Å². The van der Waals surface area contributed by atoms with Gasteiger partial charge in [-0.3, -0.25) is 0 Å². The molecule has 0 unspecified atom stereocenters.